The first-order chi connectivity index (χ1) is 30.0. The van der Waals surface area contributed by atoms with Crippen LogP contribution in [0.2, 0.25) is 0 Å². The van der Waals surface area contributed by atoms with Crippen LogP contribution in [0, 0.1) is 11.8 Å². The predicted molar refractivity (Wildman–Crippen MR) is 234 cm³/mol. The number of aliphatic hydroxyl groups is 1. The van der Waals surface area contributed by atoms with Crippen molar-refractivity contribution in [2.24, 2.45) is 11.8 Å². The zero-order valence-electron chi connectivity index (χ0n) is 37.5. The largest absolute Gasteiger partial charge is 0.497 e. The molecule has 0 bridgehead atoms. The molecule has 0 aromatic heterocycles. The van der Waals surface area contributed by atoms with Crippen molar-refractivity contribution in [3.05, 3.63) is 54.1 Å². The zero-order valence-corrected chi connectivity index (χ0v) is 39.2. The number of hydrogen-bond acceptors (Lipinski definition) is 14. The third-order valence-corrected chi connectivity index (χ3v) is 14.4. The number of rotatable bonds is 27. The van der Waals surface area contributed by atoms with Crippen LogP contribution in [-0.4, -0.2) is 125 Å². The number of amides is 1. The number of carbonyl (C=O) groups excluding carboxylic acids is 3. The van der Waals surface area contributed by atoms with Gasteiger partial charge in [0.1, 0.15) is 29.7 Å². The lowest BCUT2D eigenvalue weighted by Crippen LogP contribution is -2.51. The fourth-order valence-electron chi connectivity index (χ4n) is 6.93. The lowest BCUT2D eigenvalue weighted by Gasteiger charge is -2.31. The Bertz CT molecular complexity index is 1870. The van der Waals surface area contributed by atoms with Gasteiger partial charge in [-0.25, -0.2) is 23.4 Å². The fourth-order valence-corrected chi connectivity index (χ4v) is 10.6. The number of benzene rings is 2. The van der Waals surface area contributed by atoms with E-state index in [1.165, 1.54) is 37.4 Å². The van der Waals surface area contributed by atoms with Crippen LogP contribution in [0.3, 0.4) is 0 Å². The molecular formula is C43H67N4O14PS. The second-order valence-electron chi connectivity index (χ2n) is 16.3. The Balaban J connectivity index is 1.52. The van der Waals surface area contributed by atoms with Crippen molar-refractivity contribution in [3.8, 4) is 11.5 Å². The van der Waals surface area contributed by atoms with Gasteiger partial charge in [-0.1, -0.05) is 52.7 Å². The number of esters is 2. The maximum Gasteiger partial charge on any atom is 0.407 e. The Morgan fingerprint density at radius 1 is 0.873 bits per heavy atom. The third-order valence-electron chi connectivity index (χ3n) is 10.5. The number of ether oxygens (including phenoxy) is 7. The Kier molecular flexibility index (Phi) is 20.6. The number of nitrogens with one attached hydrogen (secondary N) is 3. The van der Waals surface area contributed by atoms with Gasteiger partial charge >= 0.3 is 18.0 Å². The van der Waals surface area contributed by atoms with Crippen LogP contribution in [0.5, 0.6) is 11.5 Å². The summed E-state index contributed by atoms with van der Waals surface area (Å²) in [6.45, 7) is 11.5. The number of fused-ring (bicyclic) bond motifs is 1. The van der Waals surface area contributed by atoms with Gasteiger partial charge in [-0.05, 0) is 87.4 Å². The van der Waals surface area contributed by atoms with Crippen molar-refractivity contribution in [3.63, 3.8) is 0 Å². The maximum absolute atomic E-state index is 14.3. The molecule has 2 unspecified atom stereocenters. The normalized spacial score (nSPS) is 20.3. The summed E-state index contributed by atoms with van der Waals surface area (Å²) in [5.74, 6) is -0.689. The van der Waals surface area contributed by atoms with E-state index in [1.54, 1.807) is 36.4 Å². The van der Waals surface area contributed by atoms with Crippen LogP contribution >= 0.6 is 7.44 Å². The van der Waals surface area contributed by atoms with Crippen LogP contribution in [0.1, 0.15) is 79.2 Å². The molecule has 4 N–H and O–H groups in total. The van der Waals surface area contributed by atoms with E-state index in [2.05, 4.69) is 15.5 Å². The minimum Gasteiger partial charge on any atom is -0.497 e. The first-order valence-corrected chi connectivity index (χ1v) is 25.0. The number of sulfonamides is 1. The number of nitrogens with zero attached hydrogens (tertiary/aromatic N) is 1. The summed E-state index contributed by atoms with van der Waals surface area (Å²) in [5.41, 5.74) is 0.625. The third kappa shape index (κ3) is 16.0. The van der Waals surface area contributed by atoms with Crippen LogP contribution in [0.15, 0.2) is 53.4 Å². The summed E-state index contributed by atoms with van der Waals surface area (Å²) in [6, 6.07) is 9.47. The minimum atomic E-state index is -4.10. The van der Waals surface area contributed by atoms with Gasteiger partial charge in [0.05, 0.1) is 56.5 Å². The standard InChI is InChI=1S/C43H67N4O14PS/c1-8-10-21-56-40(49)30(5)45-62(52,46-31(6)41(50)57-22-11-9-2)28-60-34-14-12-32(13-15-34)24-37(44-43(51)61-39-27-59-42-36(39)20-23-58-42)38(48)26-47(25-29(3)4)63(53,54)35-18-16-33(55-7)17-19-35/h12-19,29-31,36-39,42,48H,8-11,20-28H2,1-7H3,(H,44,51)(H2,45,46,52)/t30?,31?,36-,37-,38+,39-,42+,62?/m0/s1. The van der Waals surface area contributed by atoms with E-state index in [1.807, 2.05) is 27.7 Å². The topological polar surface area (TPSA) is 227 Å². The summed E-state index contributed by atoms with van der Waals surface area (Å²) >= 11 is 0. The molecule has 354 valence electrons. The molecule has 2 aliphatic heterocycles. The van der Waals surface area contributed by atoms with Gasteiger partial charge in [-0.3, -0.25) is 14.2 Å². The smallest absolute Gasteiger partial charge is 0.407 e. The molecule has 2 aromatic carbocycles. The molecule has 2 saturated heterocycles. The van der Waals surface area contributed by atoms with Gasteiger partial charge in [0.15, 0.2) is 12.6 Å². The molecule has 20 heteroatoms. The average molecular weight is 927 g/mol. The van der Waals surface area contributed by atoms with Gasteiger partial charge in [-0.15, -0.1) is 0 Å². The molecule has 0 aliphatic carbocycles. The second-order valence-corrected chi connectivity index (χ2v) is 20.5. The van der Waals surface area contributed by atoms with E-state index >= 15 is 0 Å². The highest BCUT2D eigenvalue weighted by Crippen LogP contribution is 2.38. The highest BCUT2D eigenvalue weighted by atomic mass is 32.2. The van der Waals surface area contributed by atoms with E-state index in [-0.39, 0.29) is 61.8 Å². The van der Waals surface area contributed by atoms with Crippen LogP contribution in [0.4, 0.5) is 4.79 Å². The quantitative estimate of drug-likeness (QED) is 0.0401. The van der Waals surface area contributed by atoms with Crippen molar-refractivity contribution >= 4 is 35.5 Å². The predicted octanol–water partition coefficient (Wildman–Crippen LogP) is 4.97. The molecule has 4 rings (SSSR count). The summed E-state index contributed by atoms with van der Waals surface area (Å²) in [4.78, 5) is 38.9. The summed E-state index contributed by atoms with van der Waals surface area (Å²) in [6.07, 6.45) is -0.0111. The highest BCUT2D eigenvalue weighted by Gasteiger charge is 2.44. The summed E-state index contributed by atoms with van der Waals surface area (Å²) in [5, 5.41) is 20.2. The molecule has 2 fully saturated rings. The Morgan fingerprint density at radius 3 is 2.02 bits per heavy atom. The number of hydrogen-bond donors (Lipinski definition) is 4. The van der Waals surface area contributed by atoms with Crippen LogP contribution in [0.25, 0.3) is 0 Å². The van der Waals surface area contributed by atoms with E-state index in [9.17, 15) is 32.5 Å². The van der Waals surface area contributed by atoms with Crippen molar-refractivity contribution in [1.29, 1.82) is 0 Å². The van der Waals surface area contributed by atoms with Gasteiger partial charge in [0.25, 0.3) is 0 Å². The van der Waals surface area contributed by atoms with E-state index < -0.39 is 78.5 Å². The Labute approximate surface area is 371 Å². The Morgan fingerprint density at radius 2 is 1.46 bits per heavy atom. The maximum atomic E-state index is 14.3. The summed E-state index contributed by atoms with van der Waals surface area (Å²) < 4.78 is 82.1. The average Bonchev–Trinajstić information content (AvgIpc) is 3.88. The van der Waals surface area contributed by atoms with Crippen LogP contribution in [-0.2, 0) is 54.3 Å². The Hall–Kier alpha value is -3.81. The summed E-state index contributed by atoms with van der Waals surface area (Å²) in [7, 11) is -6.44. The lowest BCUT2D eigenvalue weighted by atomic mass is 10.0. The van der Waals surface area contributed by atoms with Crippen molar-refractivity contribution in [2.75, 3.05) is 53.0 Å². The molecule has 0 saturated carbocycles. The van der Waals surface area contributed by atoms with Gasteiger partial charge in [0, 0.05) is 13.1 Å². The molecule has 7 atom stereocenters. The first-order valence-electron chi connectivity index (χ1n) is 21.7. The second kappa shape index (κ2) is 25.0. The minimum absolute atomic E-state index is 0.0166. The van der Waals surface area contributed by atoms with Crippen molar-refractivity contribution < 1.29 is 65.6 Å². The molecule has 63 heavy (non-hydrogen) atoms. The molecule has 2 aromatic rings. The van der Waals surface area contributed by atoms with E-state index in [4.69, 9.17) is 33.2 Å². The molecule has 18 nitrogen and oxygen atoms in total. The molecule has 2 heterocycles. The number of methoxy groups -OCH3 is 1. The number of carbonyl (C=O) groups is 3. The van der Waals surface area contributed by atoms with E-state index in [0.29, 0.717) is 37.2 Å². The monoisotopic (exact) mass is 926 g/mol. The number of aliphatic hydroxyl groups excluding tert-OH is 1. The van der Waals surface area contributed by atoms with Crippen molar-refractivity contribution in [1.82, 2.24) is 19.8 Å². The van der Waals surface area contributed by atoms with E-state index in [0.717, 1.165) is 12.8 Å². The van der Waals surface area contributed by atoms with Gasteiger partial charge in [-0.2, -0.15) is 4.31 Å². The number of alkyl carbamates (subject to hydrolysis) is 1. The van der Waals surface area contributed by atoms with Gasteiger partial charge in [0.2, 0.25) is 17.5 Å². The van der Waals surface area contributed by atoms with Crippen LogP contribution < -0.4 is 25.0 Å². The lowest BCUT2D eigenvalue weighted by molar-refractivity contribution is -0.145. The molecule has 0 spiro atoms. The molecule has 0 radical (unpaired) electrons. The molecule has 1 amide bonds. The highest BCUT2D eigenvalue weighted by molar-refractivity contribution is 7.89. The number of unbranched alkanes of at least 4 members (excludes halogenated alkanes) is 2. The van der Waals surface area contributed by atoms with Crippen molar-refractivity contribution in [2.45, 2.75) is 122 Å². The van der Waals surface area contributed by atoms with Gasteiger partial charge < -0.3 is 43.6 Å². The fraction of sp³-hybridized carbons (Fsp3) is 0.651. The molecular weight excluding hydrogens is 860 g/mol. The zero-order chi connectivity index (χ0) is 46.2. The molecule has 2 aliphatic rings. The first kappa shape index (κ1) is 51.8. The SMILES string of the molecule is CCCCOC(=O)C(C)NP(=O)(COc1ccc(C[C@H](NC(=O)O[C@H]2CO[C@H]3OCC[C@H]32)[C@H](O)CN(CC(C)C)S(=O)(=O)c2ccc(OC)cc2)cc1)NC(C)C(=O)OCCCC.